The summed E-state index contributed by atoms with van der Waals surface area (Å²) in [6.07, 6.45) is 4.25. The highest BCUT2D eigenvalue weighted by Gasteiger charge is 2.10. The third kappa shape index (κ3) is 1.05. The minimum Gasteiger partial charge on any atom is -0.392 e. The maximum absolute atomic E-state index is 9.01. The van der Waals surface area contributed by atoms with Gasteiger partial charge in [-0.25, -0.2) is 4.98 Å². The van der Waals surface area contributed by atoms with Gasteiger partial charge in [0.05, 0.1) is 23.6 Å². The lowest BCUT2D eigenvalue weighted by Gasteiger charge is -2.10. The summed E-state index contributed by atoms with van der Waals surface area (Å²) in [7, 11) is 0. The minimum atomic E-state index is 0.0000926. The van der Waals surface area contributed by atoms with Gasteiger partial charge in [-0.15, -0.1) is 0 Å². The normalized spacial score (nSPS) is 21.8. The van der Waals surface area contributed by atoms with Crippen LogP contribution in [0, 0.1) is 0 Å². The molecule has 1 aliphatic carbocycles. The Bertz CT molecular complexity index is 393. The molecule has 12 heavy (non-hydrogen) atoms. The van der Waals surface area contributed by atoms with E-state index in [-0.39, 0.29) is 12.6 Å². The van der Waals surface area contributed by atoms with Gasteiger partial charge < -0.3 is 15.8 Å². The fourth-order valence-corrected chi connectivity index (χ4v) is 1.51. The molecule has 1 aromatic rings. The molecule has 64 valence electrons. The summed E-state index contributed by atoms with van der Waals surface area (Å²) >= 11 is 0. The third-order valence-electron chi connectivity index (χ3n) is 2.06. The number of nitrogens with zero attached hydrogens (tertiary/aromatic N) is 1. The largest absolute Gasteiger partial charge is 0.392 e. The van der Waals surface area contributed by atoms with E-state index >= 15 is 0 Å². The van der Waals surface area contributed by atoms with Crippen molar-refractivity contribution in [3.8, 4) is 0 Å². The Hall–Kier alpha value is -1.13. The monoisotopic (exact) mass is 165 g/mol. The van der Waals surface area contributed by atoms with Gasteiger partial charge in [-0.3, -0.25) is 0 Å². The number of aliphatic hydroxyl groups is 1. The first kappa shape index (κ1) is 7.52. The van der Waals surface area contributed by atoms with E-state index in [9.17, 15) is 0 Å². The smallest absolute Gasteiger partial charge is 0.0931 e. The van der Waals surface area contributed by atoms with Crippen LogP contribution in [0.5, 0.6) is 0 Å². The van der Waals surface area contributed by atoms with Crippen molar-refractivity contribution >= 4 is 11.6 Å². The van der Waals surface area contributed by atoms with Gasteiger partial charge in [0, 0.05) is 6.04 Å². The van der Waals surface area contributed by atoms with Gasteiger partial charge in [-0.05, 0) is 18.1 Å². The van der Waals surface area contributed by atoms with Crippen molar-refractivity contribution in [2.24, 2.45) is 5.73 Å². The first-order valence-corrected chi connectivity index (χ1v) is 3.91. The Morgan fingerprint density at radius 3 is 3.33 bits per heavy atom. The molecule has 0 fully saturated rings. The quantitative estimate of drug-likeness (QED) is 0.453. The number of rotatable bonds is 1. The molecule has 0 spiro atoms. The number of aromatic nitrogens is 2. The molecule has 4 N–H and O–H groups in total. The van der Waals surface area contributed by atoms with Crippen molar-refractivity contribution in [3.05, 3.63) is 17.0 Å². The van der Waals surface area contributed by atoms with E-state index in [1.807, 2.05) is 6.08 Å². The Labute approximate surface area is 69.4 Å². The molecule has 1 unspecified atom stereocenters. The number of H-pyrrole nitrogens is 1. The molecule has 0 aliphatic heterocycles. The zero-order chi connectivity index (χ0) is 8.55. The van der Waals surface area contributed by atoms with Crippen molar-refractivity contribution < 1.29 is 5.11 Å². The van der Waals surface area contributed by atoms with Crippen LogP contribution in [-0.4, -0.2) is 27.7 Å². The van der Waals surface area contributed by atoms with Crippen LogP contribution in [0.4, 0.5) is 0 Å². The zero-order valence-electron chi connectivity index (χ0n) is 6.62. The molecule has 1 aliphatic rings. The molecule has 0 radical (unpaired) electrons. The van der Waals surface area contributed by atoms with Crippen molar-refractivity contribution in [3.63, 3.8) is 0 Å². The van der Waals surface area contributed by atoms with Gasteiger partial charge in [0.25, 0.3) is 0 Å². The second kappa shape index (κ2) is 2.73. The summed E-state index contributed by atoms with van der Waals surface area (Å²) in [6, 6.07) is 0.0000926. The standard InChI is InChI=1S/C8H11N3O/c9-6-1-5(3-12)8-7(2-6)10-4-11-8/h2,4,6,12H,1,3,9H2,(H,10,11). The first-order chi connectivity index (χ1) is 5.81. The number of aliphatic hydroxyl groups excluding tert-OH is 1. The molecule has 4 heteroatoms. The van der Waals surface area contributed by atoms with Gasteiger partial charge in [0.1, 0.15) is 0 Å². The van der Waals surface area contributed by atoms with Crippen LogP contribution in [0.15, 0.2) is 6.33 Å². The Morgan fingerprint density at radius 2 is 2.58 bits per heavy atom. The van der Waals surface area contributed by atoms with Gasteiger partial charge in [0.15, 0.2) is 0 Å². The molecule has 4 nitrogen and oxygen atoms in total. The molecule has 0 amide bonds. The van der Waals surface area contributed by atoms with Gasteiger partial charge in [0.2, 0.25) is 0 Å². The maximum Gasteiger partial charge on any atom is 0.0931 e. The number of hydrogen-bond donors (Lipinski definition) is 3. The minimum absolute atomic E-state index is 0.0000926. The molecular weight excluding hydrogens is 154 g/mol. The van der Waals surface area contributed by atoms with E-state index in [1.165, 1.54) is 0 Å². The molecule has 1 atom stereocenters. The van der Waals surface area contributed by atoms with Crippen molar-refractivity contribution in [1.82, 2.24) is 9.97 Å². The average molecular weight is 165 g/mol. The molecular formula is C8H11N3O. The van der Waals surface area contributed by atoms with E-state index in [1.54, 1.807) is 6.33 Å². The highest BCUT2D eigenvalue weighted by Crippen LogP contribution is 2.04. The molecule has 0 aromatic carbocycles. The lowest BCUT2D eigenvalue weighted by molar-refractivity contribution is 0.344. The van der Waals surface area contributed by atoms with Gasteiger partial charge in [-0.1, -0.05) is 0 Å². The van der Waals surface area contributed by atoms with Crippen molar-refractivity contribution in [2.75, 3.05) is 6.61 Å². The summed E-state index contributed by atoms with van der Waals surface area (Å²) in [4.78, 5) is 7.08. The summed E-state index contributed by atoms with van der Waals surface area (Å²) < 4.78 is 0. The predicted molar refractivity (Wildman–Crippen MR) is 45.4 cm³/mol. The summed E-state index contributed by atoms with van der Waals surface area (Å²) in [5, 5.41) is 10.8. The van der Waals surface area contributed by atoms with Gasteiger partial charge in [-0.2, -0.15) is 0 Å². The molecule has 0 saturated carbocycles. The Kier molecular flexibility index (Phi) is 1.71. The van der Waals surface area contributed by atoms with E-state index in [0.29, 0.717) is 6.42 Å². The molecule has 0 bridgehead atoms. The molecule has 1 aromatic heterocycles. The van der Waals surface area contributed by atoms with Crippen LogP contribution in [-0.2, 0) is 0 Å². The zero-order valence-corrected chi connectivity index (χ0v) is 6.62. The number of nitrogens with two attached hydrogens (primary N) is 1. The highest BCUT2D eigenvalue weighted by atomic mass is 16.3. The second-order valence-corrected chi connectivity index (χ2v) is 2.96. The Morgan fingerprint density at radius 1 is 1.75 bits per heavy atom. The van der Waals surface area contributed by atoms with Crippen LogP contribution in [0.25, 0.3) is 11.6 Å². The lowest BCUT2D eigenvalue weighted by Crippen LogP contribution is -2.37. The van der Waals surface area contributed by atoms with E-state index < -0.39 is 0 Å². The van der Waals surface area contributed by atoms with E-state index in [0.717, 1.165) is 16.3 Å². The number of fused-ring (bicyclic) bond motifs is 1. The topological polar surface area (TPSA) is 74.9 Å². The highest BCUT2D eigenvalue weighted by molar-refractivity contribution is 5.51. The summed E-state index contributed by atoms with van der Waals surface area (Å²) in [5.74, 6) is 0. The summed E-state index contributed by atoms with van der Waals surface area (Å²) in [5.41, 5.74) is 6.66. The molecule has 0 saturated heterocycles. The van der Waals surface area contributed by atoms with E-state index in [2.05, 4.69) is 9.97 Å². The fraction of sp³-hybridized carbons (Fsp3) is 0.375. The van der Waals surface area contributed by atoms with Crippen molar-refractivity contribution in [2.45, 2.75) is 12.5 Å². The third-order valence-corrected chi connectivity index (χ3v) is 2.06. The maximum atomic E-state index is 9.01. The SMILES string of the molecule is NC1C=c2[nH]cnc2=C(CO)C1. The van der Waals surface area contributed by atoms with Crippen LogP contribution < -0.4 is 16.4 Å². The second-order valence-electron chi connectivity index (χ2n) is 2.96. The first-order valence-electron chi connectivity index (χ1n) is 3.91. The van der Waals surface area contributed by atoms with Crippen LogP contribution in [0.2, 0.25) is 0 Å². The van der Waals surface area contributed by atoms with E-state index in [4.69, 9.17) is 10.8 Å². The number of nitrogens with one attached hydrogen (secondary N) is 1. The molecule has 2 rings (SSSR count). The molecule has 1 heterocycles. The number of imidazole rings is 1. The van der Waals surface area contributed by atoms with Crippen LogP contribution in [0.3, 0.4) is 0 Å². The average Bonchev–Trinajstić information content (AvgIpc) is 2.50. The van der Waals surface area contributed by atoms with Crippen molar-refractivity contribution in [1.29, 1.82) is 0 Å². The van der Waals surface area contributed by atoms with Crippen LogP contribution >= 0.6 is 0 Å². The number of hydrogen-bond acceptors (Lipinski definition) is 3. The van der Waals surface area contributed by atoms with Gasteiger partial charge >= 0.3 is 0 Å². The fourth-order valence-electron chi connectivity index (χ4n) is 1.51. The lowest BCUT2D eigenvalue weighted by atomic mass is 10.0. The number of aromatic amines is 1. The summed E-state index contributed by atoms with van der Waals surface area (Å²) in [6.45, 7) is 0.0411. The predicted octanol–water partition coefficient (Wildman–Crippen LogP) is -1.94. The van der Waals surface area contributed by atoms with Crippen LogP contribution in [0.1, 0.15) is 6.42 Å². The Balaban J connectivity index is 2.71.